The van der Waals surface area contributed by atoms with Crippen molar-refractivity contribution in [1.29, 1.82) is 0 Å². The van der Waals surface area contributed by atoms with Gasteiger partial charge >= 0.3 is 0 Å². The number of aromatic hydroxyl groups is 2. The largest absolute Gasteiger partial charge is 0.504 e. The smallest absolute Gasteiger partial charge is 0.200 e. The lowest BCUT2D eigenvalue weighted by molar-refractivity contribution is -0.127. The number of phenols is 2. The van der Waals surface area contributed by atoms with Gasteiger partial charge in [0.05, 0.1) is 20.3 Å². The molecule has 0 saturated heterocycles. The quantitative estimate of drug-likeness (QED) is 0.226. The van der Waals surface area contributed by atoms with E-state index in [2.05, 4.69) is 43.1 Å². The maximum Gasteiger partial charge on any atom is 0.200 e. The fraction of sp³-hybridized carbons (Fsp3) is 0.364. The van der Waals surface area contributed by atoms with Gasteiger partial charge in [-0.2, -0.15) is 0 Å². The predicted octanol–water partition coefficient (Wildman–Crippen LogP) is 6.62. The van der Waals surface area contributed by atoms with Crippen molar-refractivity contribution in [3.05, 3.63) is 90.0 Å². The molecule has 6 rings (SSSR count). The summed E-state index contributed by atoms with van der Waals surface area (Å²) >= 11 is 1.59. The van der Waals surface area contributed by atoms with Crippen LogP contribution in [0.4, 0.5) is 0 Å². The Morgan fingerprint density at radius 2 is 1.61 bits per heavy atom. The summed E-state index contributed by atoms with van der Waals surface area (Å²) in [6.07, 6.45) is 3.66. The van der Waals surface area contributed by atoms with E-state index in [0.29, 0.717) is 17.4 Å². The Kier molecular flexibility index (Phi) is 7.28. The second-order valence-electron chi connectivity index (χ2n) is 11.2. The van der Waals surface area contributed by atoms with Crippen LogP contribution in [-0.4, -0.2) is 41.1 Å². The van der Waals surface area contributed by atoms with Crippen molar-refractivity contribution < 1.29 is 24.4 Å². The first kappa shape index (κ1) is 27.4. The van der Waals surface area contributed by atoms with Gasteiger partial charge in [-0.05, 0) is 60.2 Å². The molecule has 41 heavy (non-hydrogen) atoms. The molecule has 8 heteroatoms. The summed E-state index contributed by atoms with van der Waals surface area (Å²) in [6, 6.07) is 19.5. The van der Waals surface area contributed by atoms with E-state index in [1.54, 1.807) is 32.0 Å². The number of hydrogen-bond donors (Lipinski definition) is 3. The summed E-state index contributed by atoms with van der Waals surface area (Å²) < 4.78 is 17.9. The SMILES string of the molecule is C=CCSC1=N[C@H](c2ccc(OC)cc2)[C@@H]2C[C@H](C)C[C@@H]3[C@H](c4ccc(OC)cc4)c4ccc(O)c(O)c4O[C@@]32N1. The maximum atomic E-state index is 11.2. The molecule has 1 aliphatic carbocycles. The minimum absolute atomic E-state index is 0.0108. The van der Waals surface area contributed by atoms with Crippen LogP contribution in [0, 0.1) is 17.8 Å². The van der Waals surface area contributed by atoms with E-state index in [4.69, 9.17) is 19.2 Å². The van der Waals surface area contributed by atoms with Crippen LogP contribution in [-0.2, 0) is 0 Å². The maximum absolute atomic E-state index is 11.2. The highest BCUT2D eigenvalue weighted by Crippen LogP contribution is 2.61. The van der Waals surface area contributed by atoms with Gasteiger partial charge in [0.2, 0.25) is 5.75 Å². The molecular formula is C33H36N2O5S. The van der Waals surface area contributed by atoms with Crippen molar-refractivity contribution >= 4 is 16.9 Å². The van der Waals surface area contributed by atoms with Gasteiger partial charge in [-0.15, -0.1) is 6.58 Å². The summed E-state index contributed by atoms with van der Waals surface area (Å²) in [6.45, 7) is 6.21. The monoisotopic (exact) mass is 572 g/mol. The van der Waals surface area contributed by atoms with E-state index < -0.39 is 5.72 Å². The fourth-order valence-electron chi connectivity index (χ4n) is 6.97. The van der Waals surface area contributed by atoms with Crippen molar-refractivity contribution in [2.45, 2.75) is 37.5 Å². The molecule has 0 bridgehead atoms. The Hall–Kier alpha value is -3.78. The predicted molar refractivity (Wildman–Crippen MR) is 162 cm³/mol. The molecule has 3 aliphatic rings. The number of methoxy groups -OCH3 is 2. The number of aliphatic imine (C=N–C) groups is 1. The minimum Gasteiger partial charge on any atom is -0.504 e. The number of ether oxygens (including phenoxy) is 3. The van der Waals surface area contributed by atoms with Crippen LogP contribution < -0.4 is 19.5 Å². The highest BCUT2D eigenvalue weighted by Gasteiger charge is 2.62. The van der Waals surface area contributed by atoms with Crippen LogP contribution in [0.15, 0.2) is 78.3 Å². The molecule has 0 unspecified atom stereocenters. The molecule has 0 radical (unpaired) electrons. The van der Waals surface area contributed by atoms with Gasteiger partial charge in [-0.3, -0.25) is 4.99 Å². The van der Waals surface area contributed by atoms with Gasteiger partial charge in [0.15, 0.2) is 22.4 Å². The summed E-state index contributed by atoms with van der Waals surface area (Å²) in [5, 5.41) is 26.3. The van der Waals surface area contributed by atoms with Gasteiger partial charge in [0.25, 0.3) is 0 Å². The summed E-state index contributed by atoms with van der Waals surface area (Å²) in [4.78, 5) is 5.24. The number of fused-ring (bicyclic) bond motifs is 1. The van der Waals surface area contributed by atoms with Gasteiger partial charge in [0.1, 0.15) is 11.5 Å². The Morgan fingerprint density at radius 1 is 0.976 bits per heavy atom. The van der Waals surface area contributed by atoms with Crippen molar-refractivity contribution in [1.82, 2.24) is 5.32 Å². The van der Waals surface area contributed by atoms with E-state index in [-0.39, 0.29) is 35.3 Å². The molecule has 0 aromatic heterocycles. The van der Waals surface area contributed by atoms with Crippen molar-refractivity contribution in [3.8, 4) is 28.7 Å². The Morgan fingerprint density at radius 3 is 2.24 bits per heavy atom. The summed E-state index contributed by atoms with van der Waals surface area (Å²) in [5.74, 6) is 2.41. The highest BCUT2D eigenvalue weighted by molar-refractivity contribution is 8.13. The average molecular weight is 573 g/mol. The van der Waals surface area contributed by atoms with E-state index in [1.165, 1.54) is 0 Å². The van der Waals surface area contributed by atoms with Gasteiger partial charge in [-0.1, -0.05) is 55.1 Å². The molecule has 1 saturated carbocycles. The molecule has 6 atom stereocenters. The standard InChI is InChI=1S/C33H36N2O5S/c1-5-16-41-32-34-29(21-8-12-23(39-4)13-9-21)26-18-19(2)17-25-28(20-6-10-22(38-3)11-7-20)24-14-15-27(36)30(37)31(24)40-33(25,26)35-32/h5-15,19,25-26,28-29,36-37H,1,16-18H2,2-4H3,(H,34,35)/t19-,25-,26+,28-,29-,33+/m1/s1. The molecule has 7 nitrogen and oxygen atoms in total. The van der Waals surface area contributed by atoms with E-state index in [0.717, 1.165) is 46.2 Å². The second kappa shape index (κ2) is 10.9. The van der Waals surface area contributed by atoms with Crippen LogP contribution in [0.3, 0.4) is 0 Å². The number of rotatable bonds is 6. The van der Waals surface area contributed by atoms with Crippen molar-refractivity contribution in [3.63, 3.8) is 0 Å². The van der Waals surface area contributed by atoms with E-state index >= 15 is 0 Å². The topological polar surface area (TPSA) is 92.5 Å². The number of thioether (sulfide) groups is 1. The number of nitrogens with zero attached hydrogens (tertiary/aromatic N) is 1. The fourth-order valence-corrected chi connectivity index (χ4v) is 7.67. The average Bonchev–Trinajstić information content (AvgIpc) is 3.00. The number of benzene rings is 3. The van der Waals surface area contributed by atoms with Gasteiger partial charge in [0, 0.05) is 29.1 Å². The lowest BCUT2D eigenvalue weighted by atomic mass is 9.58. The normalized spacial score (nSPS) is 28.1. The molecule has 3 aromatic rings. The molecule has 214 valence electrons. The van der Waals surface area contributed by atoms with Crippen LogP contribution in [0.25, 0.3) is 0 Å². The lowest BCUT2D eigenvalue weighted by Gasteiger charge is -2.59. The number of phenolic OH excluding ortho intramolecular Hbond substituents is 2. The third kappa shape index (κ3) is 4.68. The minimum atomic E-state index is -0.884. The zero-order valence-corrected chi connectivity index (χ0v) is 24.4. The van der Waals surface area contributed by atoms with Crippen molar-refractivity contribution in [2.24, 2.45) is 22.7 Å². The first-order valence-electron chi connectivity index (χ1n) is 14.0. The first-order chi connectivity index (χ1) is 19.9. The Bertz CT molecular complexity index is 1460. The molecule has 0 amide bonds. The molecule has 1 fully saturated rings. The van der Waals surface area contributed by atoms with E-state index in [9.17, 15) is 10.2 Å². The van der Waals surface area contributed by atoms with Gasteiger partial charge in [-0.25, -0.2) is 0 Å². The number of nitrogens with one attached hydrogen (secondary N) is 1. The van der Waals surface area contributed by atoms with Crippen LogP contribution >= 0.6 is 11.8 Å². The summed E-state index contributed by atoms with van der Waals surface area (Å²) in [5.41, 5.74) is 2.16. The second-order valence-corrected chi connectivity index (χ2v) is 12.2. The van der Waals surface area contributed by atoms with E-state index in [1.807, 2.05) is 36.4 Å². The first-order valence-corrected chi connectivity index (χ1v) is 15.0. The van der Waals surface area contributed by atoms with Crippen molar-refractivity contribution in [2.75, 3.05) is 20.0 Å². The van der Waals surface area contributed by atoms with Crippen LogP contribution in [0.1, 0.15) is 48.4 Å². The number of hydrogen-bond acceptors (Lipinski definition) is 8. The third-order valence-corrected chi connectivity index (χ3v) is 9.66. The Labute approximate surface area is 245 Å². The molecular weight excluding hydrogens is 536 g/mol. The molecule has 2 heterocycles. The zero-order valence-electron chi connectivity index (χ0n) is 23.5. The zero-order chi connectivity index (χ0) is 28.7. The lowest BCUT2D eigenvalue weighted by Crippen LogP contribution is -2.70. The third-order valence-electron chi connectivity index (χ3n) is 8.77. The molecule has 3 N–H and O–H groups in total. The molecule has 3 aromatic carbocycles. The Balaban J connectivity index is 1.56. The molecule has 2 aliphatic heterocycles. The van der Waals surface area contributed by atoms with Gasteiger partial charge < -0.3 is 29.7 Å². The van der Waals surface area contributed by atoms with Crippen LogP contribution in [0.2, 0.25) is 0 Å². The number of amidine groups is 1. The summed E-state index contributed by atoms with van der Waals surface area (Å²) in [7, 11) is 3.33. The molecule has 1 spiro atoms. The van der Waals surface area contributed by atoms with Crippen LogP contribution in [0.5, 0.6) is 28.7 Å². The highest BCUT2D eigenvalue weighted by atomic mass is 32.2.